The van der Waals surface area contributed by atoms with Gasteiger partial charge in [0.2, 0.25) is 0 Å². The quantitative estimate of drug-likeness (QED) is 0.664. The molecule has 0 aliphatic carbocycles. The van der Waals surface area contributed by atoms with Gasteiger partial charge < -0.3 is 20.3 Å². The number of carboxylic acid groups (broad SMARTS) is 1. The van der Waals surface area contributed by atoms with Gasteiger partial charge in [0, 0.05) is 0 Å². The molecule has 0 saturated carbocycles. The van der Waals surface area contributed by atoms with Gasteiger partial charge in [-0.3, -0.25) is 0 Å². The van der Waals surface area contributed by atoms with E-state index in [4.69, 9.17) is 14.9 Å². The average Bonchev–Trinajstić information content (AvgIpc) is 3.03. The molecule has 2 atom stereocenters. The lowest BCUT2D eigenvalue weighted by molar-refractivity contribution is 0.186. The van der Waals surface area contributed by atoms with Crippen molar-refractivity contribution >= 4 is 6.09 Å². The molecule has 1 aliphatic rings. The van der Waals surface area contributed by atoms with Crippen molar-refractivity contribution in [1.29, 1.82) is 0 Å². The maximum Gasteiger partial charge on any atom is 0.404 e. The summed E-state index contributed by atoms with van der Waals surface area (Å²) in [4.78, 5) is 10.6. The molecule has 1 heterocycles. The summed E-state index contributed by atoms with van der Waals surface area (Å²) in [5, 5.41) is 20.2. The number of nitrogens with one attached hydrogen (secondary N) is 1. The Morgan fingerprint density at radius 3 is 2.62 bits per heavy atom. The molecule has 0 spiro atoms. The Kier molecular flexibility index (Phi) is 2.96. The lowest BCUT2D eigenvalue weighted by Crippen LogP contribution is -2.39. The van der Waals surface area contributed by atoms with Crippen LogP contribution in [-0.4, -0.2) is 35.1 Å². The number of hydrogen-bond donors (Lipinski definition) is 3. The smallest absolute Gasteiger partial charge is 0.404 e. The number of rotatable bonds is 4. The van der Waals surface area contributed by atoms with E-state index >= 15 is 0 Å². The molecular formula is C11H13NO4. The number of epoxide rings is 1. The predicted molar refractivity (Wildman–Crippen MR) is 56.5 cm³/mol. The van der Waals surface area contributed by atoms with Gasteiger partial charge >= 0.3 is 6.09 Å². The molecule has 5 heteroatoms. The monoisotopic (exact) mass is 223 g/mol. The van der Waals surface area contributed by atoms with Crippen LogP contribution in [0.3, 0.4) is 0 Å². The zero-order valence-electron chi connectivity index (χ0n) is 8.59. The normalized spacial score (nSPS) is 20.1. The van der Waals surface area contributed by atoms with Crippen LogP contribution in [0.25, 0.3) is 0 Å². The van der Waals surface area contributed by atoms with Crippen LogP contribution in [0.1, 0.15) is 5.56 Å². The molecule has 16 heavy (non-hydrogen) atoms. The molecule has 1 amide bonds. The number of benzene rings is 1. The van der Waals surface area contributed by atoms with Crippen LogP contribution in [-0.2, 0) is 11.2 Å². The van der Waals surface area contributed by atoms with E-state index in [9.17, 15) is 4.79 Å². The van der Waals surface area contributed by atoms with Gasteiger partial charge in [-0.2, -0.15) is 0 Å². The van der Waals surface area contributed by atoms with Crippen LogP contribution in [0.5, 0.6) is 5.75 Å². The first kappa shape index (κ1) is 10.8. The number of hydrogen-bond acceptors (Lipinski definition) is 3. The maximum atomic E-state index is 10.6. The van der Waals surface area contributed by atoms with Gasteiger partial charge in [0.25, 0.3) is 0 Å². The SMILES string of the molecule is O=C(O)N[C@@H](Cc1ccc(O)cc1)[C@H]1CO1. The van der Waals surface area contributed by atoms with Crippen molar-refractivity contribution in [2.45, 2.75) is 18.6 Å². The highest BCUT2D eigenvalue weighted by molar-refractivity contribution is 5.65. The van der Waals surface area contributed by atoms with Gasteiger partial charge in [-0.15, -0.1) is 0 Å². The van der Waals surface area contributed by atoms with Crippen molar-refractivity contribution in [2.24, 2.45) is 0 Å². The van der Waals surface area contributed by atoms with Crippen molar-refractivity contribution in [2.75, 3.05) is 6.61 Å². The fourth-order valence-corrected chi connectivity index (χ4v) is 1.61. The zero-order chi connectivity index (χ0) is 11.5. The van der Waals surface area contributed by atoms with Crippen LogP contribution < -0.4 is 5.32 Å². The fourth-order valence-electron chi connectivity index (χ4n) is 1.61. The molecule has 3 N–H and O–H groups in total. The van der Waals surface area contributed by atoms with Crippen LogP contribution >= 0.6 is 0 Å². The Hall–Kier alpha value is -1.75. The minimum atomic E-state index is -1.04. The van der Waals surface area contributed by atoms with Crippen molar-refractivity contribution in [3.63, 3.8) is 0 Å². The number of amides is 1. The van der Waals surface area contributed by atoms with Gasteiger partial charge in [0.1, 0.15) is 11.9 Å². The summed E-state index contributed by atoms with van der Waals surface area (Å²) in [5.74, 6) is 0.203. The largest absolute Gasteiger partial charge is 0.508 e. The summed E-state index contributed by atoms with van der Waals surface area (Å²) in [5.41, 5.74) is 0.965. The molecule has 1 aromatic rings. The Morgan fingerprint density at radius 2 is 2.12 bits per heavy atom. The lowest BCUT2D eigenvalue weighted by Gasteiger charge is -2.14. The molecule has 1 fully saturated rings. The summed E-state index contributed by atoms with van der Waals surface area (Å²) in [6.45, 7) is 0.600. The Balaban J connectivity index is 1.99. The van der Waals surface area contributed by atoms with Gasteiger partial charge in [0.15, 0.2) is 0 Å². The molecule has 1 aliphatic heterocycles. The summed E-state index contributed by atoms with van der Waals surface area (Å²) in [7, 11) is 0. The lowest BCUT2D eigenvalue weighted by atomic mass is 10.0. The number of aromatic hydroxyl groups is 1. The standard InChI is InChI=1S/C11H13NO4/c13-8-3-1-7(2-4-8)5-9(10-6-16-10)12-11(14)15/h1-4,9-10,12-13H,5-6H2,(H,14,15)/t9-,10+/m0/s1. The van der Waals surface area contributed by atoms with Gasteiger partial charge in [0.05, 0.1) is 12.6 Å². The number of ether oxygens (including phenoxy) is 1. The highest BCUT2D eigenvalue weighted by atomic mass is 16.6. The minimum Gasteiger partial charge on any atom is -0.508 e. The molecule has 5 nitrogen and oxygen atoms in total. The molecule has 0 bridgehead atoms. The van der Waals surface area contributed by atoms with Gasteiger partial charge in [-0.1, -0.05) is 12.1 Å². The van der Waals surface area contributed by atoms with Crippen LogP contribution in [0.2, 0.25) is 0 Å². The Labute approximate surface area is 92.7 Å². The van der Waals surface area contributed by atoms with E-state index in [0.717, 1.165) is 5.56 Å². The Bertz CT molecular complexity index is 372. The van der Waals surface area contributed by atoms with E-state index in [1.165, 1.54) is 0 Å². The van der Waals surface area contributed by atoms with E-state index in [1.54, 1.807) is 24.3 Å². The van der Waals surface area contributed by atoms with E-state index in [1.807, 2.05) is 0 Å². The predicted octanol–water partition coefficient (Wildman–Crippen LogP) is 0.970. The van der Waals surface area contributed by atoms with E-state index in [0.29, 0.717) is 13.0 Å². The van der Waals surface area contributed by atoms with Crippen molar-refractivity contribution in [3.8, 4) is 5.75 Å². The van der Waals surface area contributed by atoms with E-state index in [2.05, 4.69) is 5.32 Å². The molecular weight excluding hydrogens is 210 g/mol. The fraction of sp³-hybridized carbons (Fsp3) is 0.364. The highest BCUT2D eigenvalue weighted by Crippen LogP contribution is 2.19. The molecule has 86 valence electrons. The van der Waals surface area contributed by atoms with E-state index in [-0.39, 0.29) is 17.9 Å². The first-order valence-electron chi connectivity index (χ1n) is 5.04. The first-order chi connectivity index (χ1) is 7.65. The third-order valence-electron chi connectivity index (χ3n) is 2.51. The molecule has 1 saturated heterocycles. The van der Waals surface area contributed by atoms with E-state index < -0.39 is 6.09 Å². The molecule has 0 aromatic heterocycles. The number of phenolic OH excluding ortho intramolecular Hbond substituents is 1. The van der Waals surface area contributed by atoms with Crippen molar-refractivity contribution in [1.82, 2.24) is 5.32 Å². The zero-order valence-corrected chi connectivity index (χ0v) is 8.59. The maximum absolute atomic E-state index is 10.6. The van der Waals surface area contributed by atoms with Gasteiger partial charge in [-0.05, 0) is 24.1 Å². The second-order valence-electron chi connectivity index (χ2n) is 3.80. The molecule has 1 aromatic carbocycles. The second-order valence-corrected chi connectivity index (χ2v) is 3.80. The highest BCUT2D eigenvalue weighted by Gasteiger charge is 2.33. The first-order valence-corrected chi connectivity index (χ1v) is 5.04. The summed E-state index contributed by atoms with van der Waals surface area (Å²) in [6, 6.07) is 6.49. The van der Waals surface area contributed by atoms with Crippen molar-refractivity contribution in [3.05, 3.63) is 29.8 Å². The average molecular weight is 223 g/mol. The second kappa shape index (κ2) is 4.40. The molecule has 0 radical (unpaired) electrons. The summed E-state index contributed by atoms with van der Waals surface area (Å²) >= 11 is 0. The molecule has 0 unspecified atom stereocenters. The third kappa shape index (κ3) is 2.87. The third-order valence-corrected chi connectivity index (χ3v) is 2.51. The topological polar surface area (TPSA) is 82.1 Å². The molecule has 2 rings (SSSR count). The van der Waals surface area contributed by atoms with Crippen molar-refractivity contribution < 1.29 is 19.7 Å². The number of carbonyl (C=O) groups is 1. The van der Waals surface area contributed by atoms with Crippen LogP contribution in [0, 0.1) is 0 Å². The van der Waals surface area contributed by atoms with Crippen LogP contribution in [0.15, 0.2) is 24.3 Å². The van der Waals surface area contributed by atoms with Crippen LogP contribution in [0.4, 0.5) is 4.79 Å². The number of phenols is 1. The minimum absolute atomic E-state index is 0.0232. The Morgan fingerprint density at radius 1 is 1.50 bits per heavy atom. The summed E-state index contributed by atoms with van der Waals surface area (Å²) < 4.78 is 5.09. The summed E-state index contributed by atoms with van der Waals surface area (Å²) in [6.07, 6.45) is -0.499. The van der Waals surface area contributed by atoms with Gasteiger partial charge in [-0.25, -0.2) is 4.79 Å².